The molecule has 1 saturated carbocycles. The molecule has 2 aromatic heterocycles. The van der Waals surface area contributed by atoms with Crippen molar-refractivity contribution in [1.29, 1.82) is 0 Å². The highest BCUT2D eigenvalue weighted by molar-refractivity contribution is 7.07. The van der Waals surface area contributed by atoms with Crippen LogP contribution in [0.15, 0.2) is 22.9 Å². The summed E-state index contributed by atoms with van der Waals surface area (Å²) in [5.74, 6) is 8.34. The Balaban J connectivity index is 1.81. The number of thiophene rings is 1. The zero-order valence-corrected chi connectivity index (χ0v) is 11.6. The van der Waals surface area contributed by atoms with Gasteiger partial charge in [-0.1, -0.05) is 0 Å². The third kappa shape index (κ3) is 2.85. The Morgan fingerprint density at radius 1 is 1.37 bits per heavy atom. The van der Waals surface area contributed by atoms with Gasteiger partial charge in [0.25, 0.3) is 0 Å². The summed E-state index contributed by atoms with van der Waals surface area (Å²) in [4.78, 5) is 8.98. The van der Waals surface area contributed by atoms with Gasteiger partial charge in [-0.15, -0.1) is 0 Å². The van der Waals surface area contributed by atoms with Crippen LogP contribution in [0.25, 0.3) is 0 Å². The molecule has 2 aromatic rings. The molecule has 2 heterocycles. The van der Waals surface area contributed by atoms with Gasteiger partial charge < -0.3 is 10.7 Å². The van der Waals surface area contributed by atoms with Gasteiger partial charge in [-0.25, -0.2) is 15.8 Å². The monoisotopic (exact) mass is 275 g/mol. The Morgan fingerprint density at radius 3 is 2.79 bits per heavy atom. The predicted molar refractivity (Wildman–Crippen MR) is 78.2 cm³/mol. The Hall–Kier alpha value is -1.66. The quantitative estimate of drug-likeness (QED) is 0.578. The molecule has 1 aliphatic rings. The van der Waals surface area contributed by atoms with E-state index in [0.29, 0.717) is 11.7 Å². The smallest absolute Gasteiger partial charge is 0.145 e. The number of aromatic nitrogens is 2. The van der Waals surface area contributed by atoms with E-state index in [2.05, 4.69) is 44.5 Å². The number of rotatable bonds is 5. The molecule has 100 valence electrons. The molecule has 1 unspecified atom stereocenters. The van der Waals surface area contributed by atoms with Crippen molar-refractivity contribution < 1.29 is 0 Å². The Labute approximate surface area is 116 Å². The van der Waals surface area contributed by atoms with Gasteiger partial charge >= 0.3 is 0 Å². The minimum Gasteiger partial charge on any atom is -0.363 e. The topological polar surface area (TPSA) is 75.9 Å². The van der Waals surface area contributed by atoms with E-state index in [1.165, 1.54) is 18.4 Å². The summed E-state index contributed by atoms with van der Waals surface area (Å²) in [6.07, 6.45) is 2.35. The first-order valence-corrected chi connectivity index (χ1v) is 7.35. The van der Waals surface area contributed by atoms with Crippen LogP contribution in [-0.2, 0) is 0 Å². The van der Waals surface area contributed by atoms with Crippen LogP contribution < -0.4 is 16.6 Å². The number of hydrogen-bond acceptors (Lipinski definition) is 6. The van der Waals surface area contributed by atoms with E-state index in [1.54, 1.807) is 11.3 Å². The zero-order valence-electron chi connectivity index (χ0n) is 10.8. The summed E-state index contributed by atoms with van der Waals surface area (Å²) in [5, 5.41) is 7.62. The average molecular weight is 275 g/mol. The van der Waals surface area contributed by atoms with Crippen molar-refractivity contribution in [2.45, 2.75) is 31.7 Å². The SMILES string of the molecule is CC(Nc1cc(NN)nc(C2CC2)n1)c1ccsc1. The van der Waals surface area contributed by atoms with Crippen LogP contribution in [0.3, 0.4) is 0 Å². The number of hydrogen-bond donors (Lipinski definition) is 3. The van der Waals surface area contributed by atoms with Gasteiger partial charge in [0.2, 0.25) is 0 Å². The van der Waals surface area contributed by atoms with Crippen molar-refractivity contribution in [3.8, 4) is 0 Å². The second kappa shape index (κ2) is 5.14. The molecule has 1 aliphatic carbocycles. The number of nitrogens with zero attached hydrogens (tertiary/aromatic N) is 2. The summed E-state index contributed by atoms with van der Waals surface area (Å²) in [7, 11) is 0. The van der Waals surface area contributed by atoms with E-state index < -0.39 is 0 Å². The number of nitrogens with two attached hydrogens (primary N) is 1. The number of nitrogens with one attached hydrogen (secondary N) is 2. The van der Waals surface area contributed by atoms with E-state index >= 15 is 0 Å². The first-order valence-electron chi connectivity index (χ1n) is 6.40. The van der Waals surface area contributed by atoms with E-state index in [1.807, 2.05) is 6.07 Å². The van der Waals surface area contributed by atoms with Crippen molar-refractivity contribution in [3.63, 3.8) is 0 Å². The minimum absolute atomic E-state index is 0.221. The van der Waals surface area contributed by atoms with Gasteiger partial charge in [0.05, 0.1) is 6.04 Å². The van der Waals surface area contributed by atoms with Crippen molar-refractivity contribution >= 4 is 23.0 Å². The molecule has 1 fully saturated rings. The number of hydrazine groups is 1. The summed E-state index contributed by atoms with van der Waals surface area (Å²) < 4.78 is 0. The highest BCUT2D eigenvalue weighted by Gasteiger charge is 2.27. The van der Waals surface area contributed by atoms with Gasteiger partial charge in [-0.3, -0.25) is 0 Å². The Bertz CT molecular complexity index is 550. The molecule has 19 heavy (non-hydrogen) atoms. The van der Waals surface area contributed by atoms with Crippen LogP contribution in [0, 0.1) is 0 Å². The van der Waals surface area contributed by atoms with Crippen LogP contribution in [0.5, 0.6) is 0 Å². The lowest BCUT2D eigenvalue weighted by atomic mass is 10.2. The maximum atomic E-state index is 5.47. The fourth-order valence-electron chi connectivity index (χ4n) is 1.96. The van der Waals surface area contributed by atoms with Crippen LogP contribution in [-0.4, -0.2) is 9.97 Å². The maximum absolute atomic E-state index is 5.47. The molecule has 3 rings (SSSR count). The Kier molecular flexibility index (Phi) is 3.35. The van der Waals surface area contributed by atoms with Crippen molar-refractivity contribution in [2.75, 3.05) is 10.7 Å². The second-order valence-electron chi connectivity index (χ2n) is 4.84. The average Bonchev–Trinajstić information content (AvgIpc) is 3.13. The highest BCUT2D eigenvalue weighted by atomic mass is 32.1. The minimum atomic E-state index is 0.221. The standard InChI is InChI=1S/C13H17N5S/c1-8(10-4-5-19-7-10)15-11-6-12(18-14)17-13(16-11)9-2-3-9/h4-9H,2-3,14H2,1H3,(H2,15,16,17,18). The molecule has 6 heteroatoms. The number of nitrogen functional groups attached to an aromatic ring is 1. The maximum Gasteiger partial charge on any atom is 0.145 e. The van der Waals surface area contributed by atoms with E-state index in [9.17, 15) is 0 Å². The molecule has 0 spiro atoms. The molecule has 1 atom stereocenters. The predicted octanol–water partition coefficient (Wildman–Crippen LogP) is 2.87. The lowest BCUT2D eigenvalue weighted by Crippen LogP contribution is -2.13. The fourth-order valence-corrected chi connectivity index (χ4v) is 2.72. The van der Waals surface area contributed by atoms with Crippen molar-refractivity contribution in [3.05, 3.63) is 34.3 Å². The molecule has 4 N–H and O–H groups in total. The highest BCUT2D eigenvalue weighted by Crippen LogP contribution is 2.39. The van der Waals surface area contributed by atoms with Crippen LogP contribution in [0.4, 0.5) is 11.6 Å². The van der Waals surface area contributed by atoms with Crippen molar-refractivity contribution in [2.24, 2.45) is 5.84 Å². The first-order chi connectivity index (χ1) is 9.26. The van der Waals surface area contributed by atoms with Crippen LogP contribution in [0.2, 0.25) is 0 Å². The van der Waals surface area contributed by atoms with E-state index in [4.69, 9.17) is 5.84 Å². The van der Waals surface area contributed by atoms with Gasteiger partial charge in [0, 0.05) is 12.0 Å². The molecule has 5 nitrogen and oxygen atoms in total. The van der Waals surface area contributed by atoms with Crippen LogP contribution in [0.1, 0.15) is 43.1 Å². The summed E-state index contributed by atoms with van der Waals surface area (Å²) in [5.41, 5.74) is 3.87. The number of anilines is 2. The Morgan fingerprint density at radius 2 is 2.16 bits per heavy atom. The third-order valence-electron chi connectivity index (χ3n) is 3.24. The molecule has 0 radical (unpaired) electrons. The second-order valence-corrected chi connectivity index (χ2v) is 5.62. The first kappa shape index (κ1) is 12.4. The largest absolute Gasteiger partial charge is 0.363 e. The van der Waals surface area contributed by atoms with Crippen molar-refractivity contribution in [1.82, 2.24) is 9.97 Å². The molecule has 0 bridgehead atoms. The molecular weight excluding hydrogens is 258 g/mol. The summed E-state index contributed by atoms with van der Waals surface area (Å²) in [6, 6.07) is 4.18. The van der Waals surface area contributed by atoms with Gasteiger partial charge in [0.15, 0.2) is 0 Å². The van der Waals surface area contributed by atoms with Crippen LogP contribution >= 0.6 is 11.3 Å². The summed E-state index contributed by atoms with van der Waals surface area (Å²) >= 11 is 1.70. The molecule has 0 saturated heterocycles. The molecule has 0 amide bonds. The zero-order chi connectivity index (χ0) is 13.2. The lowest BCUT2D eigenvalue weighted by Gasteiger charge is -2.14. The van der Waals surface area contributed by atoms with E-state index in [-0.39, 0.29) is 6.04 Å². The normalized spacial score (nSPS) is 16.1. The lowest BCUT2D eigenvalue weighted by molar-refractivity contribution is 0.858. The molecule has 0 aromatic carbocycles. The molecule has 0 aliphatic heterocycles. The molecular formula is C13H17N5S. The summed E-state index contributed by atoms with van der Waals surface area (Å²) in [6.45, 7) is 2.12. The third-order valence-corrected chi connectivity index (χ3v) is 3.94. The fraction of sp³-hybridized carbons (Fsp3) is 0.385. The van der Waals surface area contributed by atoms with Gasteiger partial charge in [-0.2, -0.15) is 11.3 Å². The van der Waals surface area contributed by atoms with Gasteiger partial charge in [-0.05, 0) is 42.2 Å². The van der Waals surface area contributed by atoms with E-state index in [0.717, 1.165) is 11.6 Å². The van der Waals surface area contributed by atoms with Gasteiger partial charge in [0.1, 0.15) is 17.5 Å².